The van der Waals surface area contributed by atoms with Crippen molar-refractivity contribution >= 4 is 12.2 Å². The first-order valence-corrected chi connectivity index (χ1v) is 11.0. The van der Waals surface area contributed by atoms with Gasteiger partial charge in [0.25, 0.3) is 0 Å². The van der Waals surface area contributed by atoms with Crippen LogP contribution in [-0.4, -0.2) is 11.4 Å². The lowest BCUT2D eigenvalue weighted by Crippen LogP contribution is -2.11. The van der Waals surface area contributed by atoms with Crippen LogP contribution < -0.4 is 0 Å². The molecule has 0 unspecified atom stereocenters. The van der Waals surface area contributed by atoms with Crippen molar-refractivity contribution in [2.45, 2.75) is 58.8 Å². The van der Waals surface area contributed by atoms with Gasteiger partial charge in [0, 0.05) is 18.9 Å². The molecule has 28 heavy (non-hydrogen) atoms. The van der Waals surface area contributed by atoms with E-state index in [2.05, 4.69) is 104 Å². The first-order chi connectivity index (χ1) is 13.7. The molecule has 0 aliphatic rings. The van der Waals surface area contributed by atoms with Crippen molar-refractivity contribution in [1.82, 2.24) is 4.90 Å². The predicted octanol–water partition coefficient (Wildman–Crippen LogP) is 8.02. The van der Waals surface area contributed by atoms with E-state index in [0.29, 0.717) is 0 Å². The SMILES string of the molecule is CC(C)CCCCCCCCN(C=Cc1ccccc1)C=Cc1ccccc1. The molecule has 2 aromatic rings. The van der Waals surface area contributed by atoms with Crippen LogP contribution in [-0.2, 0) is 0 Å². The van der Waals surface area contributed by atoms with Gasteiger partial charge in [-0.2, -0.15) is 0 Å². The highest BCUT2D eigenvalue weighted by atomic mass is 15.1. The topological polar surface area (TPSA) is 3.24 Å². The maximum atomic E-state index is 2.32. The first kappa shape index (κ1) is 22.0. The fraction of sp³-hybridized carbons (Fsp3) is 0.407. The zero-order chi connectivity index (χ0) is 19.9. The van der Waals surface area contributed by atoms with Crippen LogP contribution in [0, 0.1) is 5.92 Å². The van der Waals surface area contributed by atoms with Gasteiger partial charge < -0.3 is 4.90 Å². The third-order valence-corrected chi connectivity index (χ3v) is 4.96. The Morgan fingerprint density at radius 1 is 0.643 bits per heavy atom. The third-order valence-electron chi connectivity index (χ3n) is 4.96. The number of benzene rings is 2. The highest BCUT2D eigenvalue weighted by Gasteiger charge is 1.98. The van der Waals surface area contributed by atoms with Gasteiger partial charge in [-0.3, -0.25) is 0 Å². The highest BCUT2D eigenvalue weighted by molar-refractivity contribution is 5.51. The molecule has 0 spiro atoms. The molecule has 0 fully saturated rings. The van der Waals surface area contributed by atoms with Crippen LogP contribution in [0.25, 0.3) is 12.2 Å². The Morgan fingerprint density at radius 3 is 1.61 bits per heavy atom. The maximum Gasteiger partial charge on any atom is 0.0219 e. The molecule has 0 aliphatic heterocycles. The summed E-state index contributed by atoms with van der Waals surface area (Å²) in [5.74, 6) is 0.848. The molecule has 0 atom stereocenters. The number of hydrogen-bond donors (Lipinski definition) is 0. The summed E-state index contributed by atoms with van der Waals surface area (Å²) >= 11 is 0. The Labute approximate surface area is 172 Å². The Hall–Kier alpha value is -2.28. The number of hydrogen-bond acceptors (Lipinski definition) is 1. The van der Waals surface area contributed by atoms with Crippen molar-refractivity contribution in [3.63, 3.8) is 0 Å². The van der Waals surface area contributed by atoms with Gasteiger partial charge in [0.15, 0.2) is 0 Å². The molecule has 0 saturated carbocycles. The van der Waals surface area contributed by atoms with E-state index >= 15 is 0 Å². The molecule has 1 heteroatoms. The molecule has 2 rings (SSSR count). The lowest BCUT2D eigenvalue weighted by molar-refractivity contribution is 0.463. The quantitative estimate of drug-likeness (QED) is 0.320. The minimum Gasteiger partial charge on any atom is -0.354 e. The molecule has 1 nitrogen and oxygen atoms in total. The van der Waals surface area contributed by atoms with Gasteiger partial charge in [-0.05, 0) is 35.6 Å². The van der Waals surface area contributed by atoms with Crippen LogP contribution in [0.15, 0.2) is 73.1 Å². The van der Waals surface area contributed by atoms with Crippen molar-refractivity contribution in [3.8, 4) is 0 Å². The zero-order valence-corrected chi connectivity index (χ0v) is 17.8. The van der Waals surface area contributed by atoms with Crippen molar-refractivity contribution in [3.05, 3.63) is 84.2 Å². The zero-order valence-electron chi connectivity index (χ0n) is 17.8. The molecule has 0 aromatic heterocycles. The van der Waals surface area contributed by atoms with E-state index in [9.17, 15) is 0 Å². The Bertz CT molecular complexity index is 620. The summed E-state index contributed by atoms with van der Waals surface area (Å²) in [4.78, 5) is 2.32. The molecule has 0 bridgehead atoms. The van der Waals surface area contributed by atoms with Gasteiger partial charge >= 0.3 is 0 Å². The van der Waals surface area contributed by atoms with E-state index in [1.54, 1.807) is 0 Å². The summed E-state index contributed by atoms with van der Waals surface area (Å²) in [5, 5.41) is 0. The van der Waals surface area contributed by atoms with Gasteiger partial charge in [-0.25, -0.2) is 0 Å². The van der Waals surface area contributed by atoms with Crippen LogP contribution in [0.2, 0.25) is 0 Å². The second kappa shape index (κ2) is 13.8. The molecule has 0 amide bonds. The minimum atomic E-state index is 0.848. The summed E-state index contributed by atoms with van der Waals surface area (Å²) in [5.41, 5.74) is 2.48. The minimum absolute atomic E-state index is 0.848. The molecular formula is C27H37N. The van der Waals surface area contributed by atoms with Crippen LogP contribution in [0.5, 0.6) is 0 Å². The van der Waals surface area contributed by atoms with Crippen molar-refractivity contribution in [1.29, 1.82) is 0 Å². The van der Waals surface area contributed by atoms with Gasteiger partial charge in [-0.15, -0.1) is 0 Å². The largest absolute Gasteiger partial charge is 0.354 e. The standard InChI is InChI=1S/C27H37N/c1-25(2)15-9-5-3-4-6-14-22-28(23-20-26-16-10-7-11-17-26)24-21-27-18-12-8-13-19-27/h7-8,10-13,16-21,23-25H,3-6,9,14-15,22H2,1-2H3. The fourth-order valence-corrected chi connectivity index (χ4v) is 3.24. The molecule has 0 heterocycles. The second-order valence-corrected chi connectivity index (χ2v) is 7.99. The first-order valence-electron chi connectivity index (χ1n) is 11.0. The summed E-state index contributed by atoms with van der Waals surface area (Å²) in [6.45, 7) is 5.71. The maximum absolute atomic E-state index is 2.32. The predicted molar refractivity (Wildman–Crippen MR) is 125 cm³/mol. The molecule has 0 N–H and O–H groups in total. The lowest BCUT2D eigenvalue weighted by Gasteiger charge is -2.15. The number of rotatable bonds is 13. The van der Waals surface area contributed by atoms with E-state index in [1.165, 1.54) is 56.1 Å². The van der Waals surface area contributed by atoms with Gasteiger partial charge in [0.2, 0.25) is 0 Å². The normalized spacial score (nSPS) is 11.7. The van der Waals surface area contributed by atoms with Crippen molar-refractivity contribution < 1.29 is 0 Å². The lowest BCUT2D eigenvalue weighted by atomic mass is 10.0. The molecule has 0 aliphatic carbocycles. The van der Waals surface area contributed by atoms with Crippen molar-refractivity contribution in [2.24, 2.45) is 5.92 Å². The Kier molecular flexibility index (Phi) is 10.9. The summed E-state index contributed by atoms with van der Waals surface area (Å²) < 4.78 is 0. The number of nitrogens with zero attached hydrogens (tertiary/aromatic N) is 1. The highest BCUT2D eigenvalue weighted by Crippen LogP contribution is 2.12. The van der Waals surface area contributed by atoms with Gasteiger partial charge in [-0.1, -0.05) is 113 Å². The second-order valence-electron chi connectivity index (χ2n) is 7.99. The van der Waals surface area contributed by atoms with Crippen molar-refractivity contribution in [2.75, 3.05) is 6.54 Å². The summed E-state index contributed by atoms with van der Waals surface area (Å²) in [6.07, 6.45) is 18.3. The van der Waals surface area contributed by atoms with E-state index < -0.39 is 0 Å². The average molecular weight is 376 g/mol. The van der Waals surface area contributed by atoms with Crippen LogP contribution in [0.4, 0.5) is 0 Å². The third kappa shape index (κ3) is 10.2. The van der Waals surface area contributed by atoms with Gasteiger partial charge in [0.1, 0.15) is 0 Å². The summed E-state index contributed by atoms with van der Waals surface area (Å²) in [7, 11) is 0. The number of unbranched alkanes of at least 4 members (excludes halogenated alkanes) is 5. The molecule has 150 valence electrons. The molecular weight excluding hydrogens is 338 g/mol. The smallest absolute Gasteiger partial charge is 0.0219 e. The Morgan fingerprint density at radius 2 is 1.11 bits per heavy atom. The van der Waals surface area contributed by atoms with Crippen LogP contribution in [0.1, 0.15) is 69.9 Å². The monoisotopic (exact) mass is 375 g/mol. The molecule has 0 radical (unpaired) electrons. The molecule has 0 saturated heterocycles. The van der Waals surface area contributed by atoms with E-state index in [-0.39, 0.29) is 0 Å². The van der Waals surface area contributed by atoms with Crippen LogP contribution in [0.3, 0.4) is 0 Å². The van der Waals surface area contributed by atoms with E-state index in [1.807, 2.05) is 0 Å². The fourth-order valence-electron chi connectivity index (χ4n) is 3.24. The van der Waals surface area contributed by atoms with Gasteiger partial charge in [0.05, 0.1) is 0 Å². The average Bonchev–Trinajstić information content (AvgIpc) is 2.72. The Balaban J connectivity index is 1.79. The molecule has 2 aromatic carbocycles. The van der Waals surface area contributed by atoms with Crippen LogP contribution >= 0.6 is 0 Å². The summed E-state index contributed by atoms with van der Waals surface area (Å²) in [6, 6.07) is 21.1. The van der Waals surface area contributed by atoms with E-state index in [4.69, 9.17) is 0 Å². The van der Waals surface area contributed by atoms with E-state index in [0.717, 1.165) is 12.5 Å².